The van der Waals surface area contributed by atoms with Crippen molar-refractivity contribution in [3.05, 3.63) is 28.5 Å². The van der Waals surface area contributed by atoms with Gasteiger partial charge in [0.15, 0.2) is 0 Å². The van der Waals surface area contributed by atoms with Gasteiger partial charge in [0.05, 0.1) is 16.3 Å². The zero-order valence-corrected chi connectivity index (χ0v) is 9.60. The molecule has 0 bridgehead atoms. The average molecular weight is 239 g/mol. The lowest BCUT2D eigenvalue weighted by Crippen LogP contribution is -2.30. The van der Waals surface area contributed by atoms with Gasteiger partial charge in [0, 0.05) is 13.1 Å². The van der Waals surface area contributed by atoms with Crippen LogP contribution in [0.2, 0.25) is 5.02 Å². The van der Waals surface area contributed by atoms with Crippen molar-refractivity contribution >= 4 is 17.3 Å². The summed E-state index contributed by atoms with van der Waals surface area (Å²) in [5.41, 5.74) is 0.712. The number of rotatable bonds is 1. The second-order valence-electron chi connectivity index (χ2n) is 3.94. The highest BCUT2D eigenvalue weighted by atomic mass is 35.5. The monoisotopic (exact) mass is 238 g/mol. The highest BCUT2D eigenvalue weighted by Gasteiger charge is 2.16. The maximum atomic E-state index is 13.8. The van der Waals surface area contributed by atoms with Gasteiger partial charge in [0.1, 0.15) is 11.9 Å². The summed E-state index contributed by atoms with van der Waals surface area (Å²) >= 11 is 5.90. The van der Waals surface area contributed by atoms with Crippen LogP contribution >= 0.6 is 11.6 Å². The molecular formula is C12H12ClFN2. The number of nitrogens with zero attached hydrogens (tertiary/aromatic N) is 2. The van der Waals surface area contributed by atoms with Gasteiger partial charge in [-0.3, -0.25) is 0 Å². The summed E-state index contributed by atoms with van der Waals surface area (Å²) in [6.07, 6.45) is 3.36. The summed E-state index contributed by atoms with van der Waals surface area (Å²) in [5.74, 6) is -0.358. The first kappa shape index (κ1) is 11.2. The fourth-order valence-corrected chi connectivity index (χ4v) is 2.20. The Bertz CT molecular complexity index is 433. The molecule has 16 heavy (non-hydrogen) atoms. The Balaban J connectivity index is 2.34. The van der Waals surface area contributed by atoms with E-state index in [4.69, 9.17) is 16.9 Å². The van der Waals surface area contributed by atoms with Crippen molar-refractivity contribution in [3.63, 3.8) is 0 Å². The predicted molar refractivity (Wildman–Crippen MR) is 62.2 cm³/mol. The summed E-state index contributed by atoms with van der Waals surface area (Å²) in [6, 6.07) is 4.65. The van der Waals surface area contributed by atoms with Gasteiger partial charge < -0.3 is 4.90 Å². The number of benzene rings is 1. The van der Waals surface area contributed by atoms with E-state index in [0.717, 1.165) is 25.9 Å². The molecule has 0 N–H and O–H groups in total. The van der Waals surface area contributed by atoms with Gasteiger partial charge in [-0.1, -0.05) is 11.6 Å². The number of halogens is 2. The second-order valence-corrected chi connectivity index (χ2v) is 4.35. The predicted octanol–water partition coefficient (Wildman–Crippen LogP) is 3.34. The van der Waals surface area contributed by atoms with E-state index >= 15 is 0 Å². The third-order valence-corrected chi connectivity index (χ3v) is 3.17. The lowest BCUT2D eigenvalue weighted by atomic mass is 10.1. The van der Waals surface area contributed by atoms with Gasteiger partial charge in [-0.25, -0.2) is 4.39 Å². The van der Waals surface area contributed by atoms with Crippen molar-refractivity contribution < 1.29 is 4.39 Å². The molecule has 1 aromatic rings. The van der Waals surface area contributed by atoms with E-state index in [1.54, 1.807) is 6.07 Å². The molecule has 0 atom stereocenters. The molecule has 84 valence electrons. The van der Waals surface area contributed by atoms with E-state index in [1.165, 1.54) is 12.5 Å². The lowest BCUT2D eigenvalue weighted by Gasteiger charge is -2.29. The Kier molecular flexibility index (Phi) is 3.31. The van der Waals surface area contributed by atoms with Crippen molar-refractivity contribution in [2.75, 3.05) is 18.0 Å². The van der Waals surface area contributed by atoms with Gasteiger partial charge in [-0.05, 0) is 31.4 Å². The van der Waals surface area contributed by atoms with Crippen LogP contribution in [0.5, 0.6) is 0 Å². The number of anilines is 1. The van der Waals surface area contributed by atoms with E-state index in [1.807, 2.05) is 11.0 Å². The smallest absolute Gasteiger partial charge is 0.147 e. The molecule has 0 radical (unpaired) electrons. The van der Waals surface area contributed by atoms with Crippen molar-refractivity contribution in [1.29, 1.82) is 5.26 Å². The van der Waals surface area contributed by atoms with Crippen LogP contribution in [0, 0.1) is 17.1 Å². The van der Waals surface area contributed by atoms with Crippen molar-refractivity contribution in [2.24, 2.45) is 0 Å². The van der Waals surface area contributed by atoms with E-state index < -0.39 is 0 Å². The molecule has 1 heterocycles. The van der Waals surface area contributed by atoms with Crippen LogP contribution in [0.15, 0.2) is 12.1 Å². The quantitative estimate of drug-likeness (QED) is 0.750. The van der Waals surface area contributed by atoms with Crippen LogP contribution in [-0.2, 0) is 0 Å². The SMILES string of the molecule is N#Cc1cc(F)c(N2CCCCC2)cc1Cl. The molecule has 1 aliphatic rings. The molecule has 0 aromatic heterocycles. The Morgan fingerprint density at radius 2 is 1.94 bits per heavy atom. The largest absolute Gasteiger partial charge is 0.369 e. The van der Waals surface area contributed by atoms with Gasteiger partial charge >= 0.3 is 0 Å². The van der Waals surface area contributed by atoms with Gasteiger partial charge in [-0.2, -0.15) is 5.26 Å². The normalized spacial score (nSPS) is 15.9. The summed E-state index contributed by atoms with van der Waals surface area (Å²) in [4.78, 5) is 1.99. The van der Waals surface area contributed by atoms with Crippen LogP contribution in [-0.4, -0.2) is 13.1 Å². The lowest BCUT2D eigenvalue weighted by molar-refractivity contribution is 0.557. The molecule has 0 unspecified atom stereocenters. The molecular weight excluding hydrogens is 227 g/mol. The minimum absolute atomic E-state index is 0.194. The van der Waals surface area contributed by atoms with E-state index in [2.05, 4.69) is 0 Å². The van der Waals surface area contributed by atoms with Crippen LogP contribution in [0.3, 0.4) is 0 Å². The van der Waals surface area contributed by atoms with Crippen LogP contribution in [0.25, 0.3) is 0 Å². The van der Waals surface area contributed by atoms with Gasteiger partial charge in [0.2, 0.25) is 0 Å². The molecule has 0 saturated carbocycles. The molecule has 1 aromatic carbocycles. The maximum Gasteiger partial charge on any atom is 0.147 e. The Morgan fingerprint density at radius 1 is 1.25 bits per heavy atom. The summed E-state index contributed by atoms with van der Waals surface area (Å²) in [7, 11) is 0. The number of hydrogen-bond acceptors (Lipinski definition) is 2. The molecule has 0 aliphatic carbocycles. The van der Waals surface area contributed by atoms with Crippen LogP contribution in [0.4, 0.5) is 10.1 Å². The molecule has 0 amide bonds. The van der Waals surface area contributed by atoms with Crippen molar-refractivity contribution in [2.45, 2.75) is 19.3 Å². The minimum atomic E-state index is -0.358. The maximum absolute atomic E-state index is 13.8. The summed E-state index contributed by atoms with van der Waals surface area (Å²) in [6.45, 7) is 1.72. The standard InChI is InChI=1S/C12H12ClFN2/c13-10-7-12(11(14)6-9(10)8-15)16-4-2-1-3-5-16/h6-7H,1-5H2. The van der Waals surface area contributed by atoms with Gasteiger partial charge in [0.25, 0.3) is 0 Å². The van der Waals surface area contributed by atoms with Crippen LogP contribution < -0.4 is 4.90 Å². The van der Waals surface area contributed by atoms with Crippen molar-refractivity contribution in [1.82, 2.24) is 0 Å². The van der Waals surface area contributed by atoms with E-state index in [0.29, 0.717) is 10.7 Å². The third-order valence-electron chi connectivity index (χ3n) is 2.85. The Labute approximate surface area is 99.2 Å². The fourth-order valence-electron chi connectivity index (χ4n) is 2.00. The molecule has 0 spiro atoms. The fraction of sp³-hybridized carbons (Fsp3) is 0.417. The van der Waals surface area contributed by atoms with Crippen LogP contribution in [0.1, 0.15) is 24.8 Å². The van der Waals surface area contributed by atoms with E-state index in [-0.39, 0.29) is 11.4 Å². The molecule has 1 saturated heterocycles. The third kappa shape index (κ3) is 2.12. The second kappa shape index (κ2) is 4.71. The first-order valence-corrected chi connectivity index (χ1v) is 5.74. The first-order valence-electron chi connectivity index (χ1n) is 5.36. The van der Waals surface area contributed by atoms with Crippen molar-refractivity contribution in [3.8, 4) is 6.07 Å². The highest BCUT2D eigenvalue weighted by molar-refractivity contribution is 6.32. The van der Waals surface area contributed by atoms with Gasteiger partial charge in [-0.15, -0.1) is 0 Å². The first-order chi connectivity index (χ1) is 7.72. The summed E-state index contributed by atoms with van der Waals surface area (Å²) in [5, 5.41) is 9.05. The highest BCUT2D eigenvalue weighted by Crippen LogP contribution is 2.28. The van der Waals surface area contributed by atoms with E-state index in [9.17, 15) is 4.39 Å². The zero-order chi connectivity index (χ0) is 11.5. The Morgan fingerprint density at radius 3 is 2.56 bits per heavy atom. The zero-order valence-electron chi connectivity index (χ0n) is 8.84. The molecule has 1 aliphatic heterocycles. The minimum Gasteiger partial charge on any atom is -0.369 e. The summed E-state index contributed by atoms with van der Waals surface area (Å²) < 4.78 is 13.8. The molecule has 2 rings (SSSR count). The Hall–Kier alpha value is -1.27. The number of nitriles is 1. The topological polar surface area (TPSA) is 27.0 Å². The molecule has 4 heteroatoms. The number of hydrogen-bond donors (Lipinski definition) is 0. The molecule has 1 fully saturated rings. The average Bonchev–Trinajstić information content (AvgIpc) is 2.32. The molecule has 2 nitrogen and oxygen atoms in total. The number of piperidine rings is 1.